The average Bonchev–Trinajstić information content (AvgIpc) is 3.33. The Kier molecular flexibility index (Phi) is 4.99. The zero-order chi connectivity index (χ0) is 17.1. The van der Waals surface area contributed by atoms with Gasteiger partial charge in [0.05, 0.1) is 6.04 Å². The van der Waals surface area contributed by atoms with E-state index in [0.29, 0.717) is 6.42 Å². The number of nitrogens with zero attached hydrogens (tertiary/aromatic N) is 1. The number of thiophene rings is 2. The van der Waals surface area contributed by atoms with Gasteiger partial charge in [-0.15, -0.1) is 22.7 Å². The SMILES string of the molecule is O=C(CCCc1cccs1)N1CCc2sccc2[C@H]1c1ccccc1. The van der Waals surface area contributed by atoms with E-state index >= 15 is 0 Å². The third-order valence-corrected chi connectivity index (χ3v) is 6.73. The van der Waals surface area contributed by atoms with Crippen LogP contribution in [0.1, 0.15) is 39.8 Å². The minimum Gasteiger partial charge on any atom is -0.331 e. The van der Waals surface area contributed by atoms with Crippen molar-refractivity contribution in [3.05, 3.63) is 80.2 Å². The zero-order valence-electron chi connectivity index (χ0n) is 14.1. The first kappa shape index (κ1) is 16.6. The summed E-state index contributed by atoms with van der Waals surface area (Å²) in [7, 11) is 0. The Bertz CT molecular complexity index is 823. The van der Waals surface area contributed by atoms with Gasteiger partial charge in [0.1, 0.15) is 0 Å². The molecule has 1 aliphatic rings. The van der Waals surface area contributed by atoms with Gasteiger partial charge in [0, 0.05) is 22.7 Å². The number of fused-ring (bicyclic) bond motifs is 1. The molecule has 25 heavy (non-hydrogen) atoms. The molecule has 1 atom stereocenters. The highest BCUT2D eigenvalue weighted by molar-refractivity contribution is 7.10. The molecule has 1 aromatic carbocycles. The summed E-state index contributed by atoms with van der Waals surface area (Å²) in [5.41, 5.74) is 2.53. The molecule has 1 aliphatic heterocycles. The summed E-state index contributed by atoms with van der Waals surface area (Å²) in [6, 6.07) is 17.0. The van der Waals surface area contributed by atoms with E-state index in [1.54, 1.807) is 11.3 Å². The second-order valence-corrected chi connectivity index (χ2v) is 8.42. The van der Waals surface area contributed by atoms with Crippen molar-refractivity contribution in [1.82, 2.24) is 4.90 Å². The van der Waals surface area contributed by atoms with Crippen LogP contribution in [0.2, 0.25) is 0 Å². The van der Waals surface area contributed by atoms with Gasteiger partial charge in [0.15, 0.2) is 0 Å². The van der Waals surface area contributed by atoms with Crippen LogP contribution in [0.5, 0.6) is 0 Å². The molecule has 3 aromatic rings. The van der Waals surface area contributed by atoms with Crippen LogP contribution in [0.3, 0.4) is 0 Å². The predicted molar refractivity (Wildman–Crippen MR) is 105 cm³/mol. The van der Waals surface area contributed by atoms with E-state index in [-0.39, 0.29) is 11.9 Å². The van der Waals surface area contributed by atoms with E-state index in [1.807, 2.05) is 17.4 Å². The smallest absolute Gasteiger partial charge is 0.223 e. The van der Waals surface area contributed by atoms with Crippen LogP contribution in [0.25, 0.3) is 0 Å². The molecular formula is C21H21NOS2. The second kappa shape index (κ2) is 7.54. The summed E-state index contributed by atoms with van der Waals surface area (Å²) in [5, 5.41) is 4.26. The number of hydrogen-bond acceptors (Lipinski definition) is 3. The summed E-state index contributed by atoms with van der Waals surface area (Å²) in [6.45, 7) is 0.824. The van der Waals surface area contributed by atoms with Crippen molar-refractivity contribution in [3.8, 4) is 0 Å². The fourth-order valence-electron chi connectivity index (χ4n) is 3.59. The normalized spacial score (nSPS) is 16.6. The molecule has 0 aliphatic carbocycles. The lowest BCUT2D eigenvalue weighted by atomic mass is 9.93. The molecule has 4 heteroatoms. The molecule has 2 aromatic heterocycles. The summed E-state index contributed by atoms with van der Waals surface area (Å²) < 4.78 is 0. The topological polar surface area (TPSA) is 20.3 Å². The zero-order valence-corrected chi connectivity index (χ0v) is 15.7. The molecule has 3 heterocycles. The number of benzene rings is 1. The molecule has 0 bridgehead atoms. The Labute approximate surface area is 156 Å². The van der Waals surface area contributed by atoms with Gasteiger partial charge in [-0.2, -0.15) is 0 Å². The Morgan fingerprint density at radius 2 is 1.92 bits per heavy atom. The first-order valence-electron chi connectivity index (χ1n) is 8.76. The molecule has 1 amide bonds. The van der Waals surface area contributed by atoms with Crippen molar-refractivity contribution in [2.75, 3.05) is 6.54 Å². The van der Waals surface area contributed by atoms with Crippen molar-refractivity contribution in [1.29, 1.82) is 0 Å². The highest BCUT2D eigenvalue weighted by Gasteiger charge is 2.32. The fraction of sp³-hybridized carbons (Fsp3) is 0.286. The predicted octanol–water partition coefficient (Wildman–Crippen LogP) is 5.31. The van der Waals surface area contributed by atoms with Gasteiger partial charge in [-0.25, -0.2) is 0 Å². The quantitative estimate of drug-likeness (QED) is 0.599. The summed E-state index contributed by atoms with van der Waals surface area (Å²) in [6.07, 6.45) is 3.53. The van der Waals surface area contributed by atoms with Gasteiger partial charge in [-0.1, -0.05) is 36.4 Å². The average molecular weight is 368 g/mol. The minimum absolute atomic E-state index is 0.0745. The van der Waals surface area contributed by atoms with Gasteiger partial charge in [-0.3, -0.25) is 4.79 Å². The minimum atomic E-state index is 0.0745. The van der Waals surface area contributed by atoms with Crippen LogP contribution < -0.4 is 0 Å². The van der Waals surface area contributed by atoms with Crippen molar-refractivity contribution >= 4 is 28.6 Å². The summed E-state index contributed by atoms with van der Waals surface area (Å²) >= 11 is 3.59. The number of hydrogen-bond donors (Lipinski definition) is 0. The van der Waals surface area contributed by atoms with Gasteiger partial charge >= 0.3 is 0 Å². The van der Waals surface area contributed by atoms with Gasteiger partial charge < -0.3 is 4.90 Å². The lowest BCUT2D eigenvalue weighted by Crippen LogP contribution is -2.40. The van der Waals surface area contributed by atoms with Crippen LogP contribution >= 0.6 is 22.7 Å². The Morgan fingerprint density at radius 3 is 2.72 bits per heavy atom. The molecule has 2 nitrogen and oxygen atoms in total. The number of amides is 1. The number of rotatable bonds is 5. The van der Waals surface area contributed by atoms with E-state index in [2.05, 4.69) is 58.1 Å². The molecular weight excluding hydrogens is 346 g/mol. The standard InChI is InChI=1S/C21H21NOS2/c23-20(10-4-8-17-9-5-14-24-17)22-13-11-19-18(12-15-25-19)21(22)16-6-2-1-3-7-16/h1-3,5-7,9,12,14-15,21H,4,8,10-11,13H2/t21-/m1/s1. The molecule has 128 valence electrons. The first-order valence-corrected chi connectivity index (χ1v) is 10.5. The van der Waals surface area contributed by atoms with Crippen molar-refractivity contribution in [2.24, 2.45) is 0 Å². The molecule has 0 N–H and O–H groups in total. The van der Waals surface area contributed by atoms with Crippen LogP contribution in [0, 0.1) is 0 Å². The van der Waals surface area contributed by atoms with E-state index in [0.717, 1.165) is 25.8 Å². The number of carbonyl (C=O) groups is 1. The van der Waals surface area contributed by atoms with Crippen LogP contribution in [0.15, 0.2) is 59.3 Å². The summed E-state index contributed by atoms with van der Waals surface area (Å²) in [5.74, 6) is 0.280. The van der Waals surface area contributed by atoms with E-state index < -0.39 is 0 Å². The molecule has 0 radical (unpaired) electrons. The van der Waals surface area contributed by atoms with Gasteiger partial charge in [0.2, 0.25) is 5.91 Å². The molecule has 0 saturated heterocycles. The number of carbonyl (C=O) groups excluding carboxylic acids is 1. The summed E-state index contributed by atoms with van der Waals surface area (Å²) in [4.78, 5) is 17.9. The lowest BCUT2D eigenvalue weighted by molar-refractivity contribution is -0.133. The van der Waals surface area contributed by atoms with Crippen LogP contribution in [0.4, 0.5) is 0 Å². The van der Waals surface area contributed by atoms with E-state index in [1.165, 1.54) is 20.9 Å². The maximum Gasteiger partial charge on any atom is 0.223 e. The maximum absolute atomic E-state index is 13.0. The van der Waals surface area contributed by atoms with Crippen LogP contribution in [-0.2, 0) is 17.6 Å². The van der Waals surface area contributed by atoms with Crippen molar-refractivity contribution in [2.45, 2.75) is 31.7 Å². The van der Waals surface area contributed by atoms with Gasteiger partial charge in [0.25, 0.3) is 0 Å². The van der Waals surface area contributed by atoms with Crippen molar-refractivity contribution in [3.63, 3.8) is 0 Å². The third-order valence-electron chi connectivity index (χ3n) is 4.80. The molecule has 4 rings (SSSR count). The highest BCUT2D eigenvalue weighted by atomic mass is 32.1. The van der Waals surface area contributed by atoms with E-state index in [9.17, 15) is 4.79 Å². The maximum atomic E-state index is 13.0. The van der Waals surface area contributed by atoms with Crippen LogP contribution in [-0.4, -0.2) is 17.4 Å². The number of aryl methyl sites for hydroxylation is 1. The Hall–Kier alpha value is -1.91. The first-order chi connectivity index (χ1) is 12.3. The Balaban J connectivity index is 1.52. The fourth-order valence-corrected chi connectivity index (χ4v) is 5.25. The monoisotopic (exact) mass is 367 g/mol. The molecule has 0 unspecified atom stereocenters. The molecule has 0 fully saturated rings. The Morgan fingerprint density at radius 1 is 1.04 bits per heavy atom. The van der Waals surface area contributed by atoms with E-state index in [4.69, 9.17) is 0 Å². The lowest BCUT2D eigenvalue weighted by Gasteiger charge is -2.36. The molecule has 0 spiro atoms. The second-order valence-electron chi connectivity index (χ2n) is 6.38. The van der Waals surface area contributed by atoms with Gasteiger partial charge in [-0.05, 0) is 53.3 Å². The van der Waals surface area contributed by atoms with Crippen molar-refractivity contribution < 1.29 is 4.79 Å². The largest absolute Gasteiger partial charge is 0.331 e. The molecule has 0 saturated carbocycles. The third kappa shape index (κ3) is 3.55. The highest BCUT2D eigenvalue weighted by Crippen LogP contribution is 2.38.